The highest BCUT2D eigenvalue weighted by atomic mass is 19.1. The number of hydrogen-bond acceptors (Lipinski definition) is 6. The van der Waals surface area contributed by atoms with E-state index in [2.05, 4.69) is 39.3 Å². The van der Waals surface area contributed by atoms with Crippen LogP contribution in [0.3, 0.4) is 0 Å². The summed E-state index contributed by atoms with van der Waals surface area (Å²) in [6, 6.07) is 7.25. The first kappa shape index (κ1) is 21.5. The van der Waals surface area contributed by atoms with Crippen LogP contribution in [0.5, 0.6) is 0 Å². The van der Waals surface area contributed by atoms with Gasteiger partial charge in [0.2, 0.25) is 5.82 Å². The fraction of sp³-hybridized carbons (Fsp3) is 0.375. The Labute approximate surface area is 189 Å². The molecule has 2 aliphatic rings. The summed E-state index contributed by atoms with van der Waals surface area (Å²) in [5.41, 5.74) is 1.35. The quantitative estimate of drug-likeness (QED) is 0.618. The Bertz CT molecular complexity index is 1250. The fourth-order valence-electron chi connectivity index (χ4n) is 5.71. The topological polar surface area (TPSA) is 101 Å². The van der Waals surface area contributed by atoms with Crippen LogP contribution in [0.2, 0.25) is 0 Å². The van der Waals surface area contributed by atoms with Crippen molar-refractivity contribution >= 4 is 5.91 Å². The van der Waals surface area contributed by atoms with Crippen molar-refractivity contribution in [2.45, 2.75) is 38.0 Å². The molecule has 2 heterocycles. The molecule has 1 fully saturated rings. The molecule has 1 saturated carbocycles. The smallest absolute Gasteiger partial charge is 0.289 e. The predicted molar refractivity (Wildman–Crippen MR) is 115 cm³/mol. The van der Waals surface area contributed by atoms with Crippen molar-refractivity contribution in [2.75, 3.05) is 13.2 Å². The number of carbonyl (C=O) groups excluding carboxylic acids is 1. The number of nitrogens with one attached hydrogen (secondary N) is 1. The molecule has 1 amide bonds. The van der Waals surface area contributed by atoms with Crippen molar-refractivity contribution in [1.29, 1.82) is 0 Å². The van der Waals surface area contributed by atoms with Gasteiger partial charge in [-0.15, -0.1) is 5.10 Å². The Morgan fingerprint density at radius 3 is 2.70 bits per heavy atom. The van der Waals surface area contributed by atoms with E-state index in [4.69, 9.17) is 5.11 Å². The highest BCUT2D eigenvalue weighted by Gasteiger charge is 2.65. The molecule has 33 heavy (non-hydrogen) atoms. The first-order valence-electron chi connectivity index (χ1n) is 10.9. The largest absolute Gasteiger partial charge is 0.395 e. The molecule has 2 N–H and O–H groups in total. The number of benzene rings is 1. The van der Waals surface area contributed by atoms with E-state index in [1.807, 2.05) is 0 Å². The second-order valence-electron chi connectivity index (χ2n) is 9.09. The molecule has 2 bridgehead atoms. The average Bonchev–Trinajstić information content (AvgIpc) is 3.18. The summed E-state index contributed by atoms with van der Waals surface area (Å²) in [5.74, 6) is -1.73. The van der Waals surface area contributed by atoms with Gasteiger partial charge in [0.15, 0.2) is 0 Å². The van der Waals surface area contributed by atoms with E-state index in [-0.39, 0.29) is 41.6 Å². The summed E-state index contributed by atoms with van der Waals surface area (Å²) in [5, 5.41) is 20.2. The Balaban J connectivity index is 1.63. The third-order valence-electron chi connectivity index (χ3n) is 7.29. The van der Waals surface area contributed by atoms with Crippen LogP contribution in [0.1, 0.15) is 60.2 Å². The minimum Gasteiger partial charge on any atom is -0.395 e. The normalized spacial score (nSPS) is 22.3. The van der Waals surface area contributed by atoms with Crippen molar-refractivity contribution in [2.24, 2.45) is 5.41 Å². The van der Waals surface area contributed by atoms with Crippen molar-refractivity contribution < 1.29 is 18.7 Å². The zero-order valence-corrected chi connectivity index (χ0v) is 18.3. The lowest BCUT2D eigenvalue weighted by molar-refractivity contribution is 0.0933. The number of hydrogen-bond donors (Lipinski definition) is 2. The predicted octanol–water partition coefficient (Wildman–Crippen LogP) is 3.14. The third kappa shape index (κ3) is 2.98. The van der Waals surface area contributed by atoms with Gasteiger partial charge in [0.25, 0.3) is 5.91 Å². The van der Waals surface area contributed by atoms with Crippen LogP contribution in [0.4, 0.5) is 8.78 Å². The molecule has 5 rings (SSSR count). The Morgan fingerprint density at radius 2 is 1.97 bits per heavy atom. The van der Waals surface area contributed by atoms with E-state index >= 15 is 0 Å². The van der Waals surface area contributed by atoms with E-state index in [0.717, 1.165) is 24.1 Å². The van der Waals surface area contributed by atoms with Crippen molar-refractivity contribution in [3.8, 4) is 11.3 Å². The SMILES string of the molecule is CC1(C)[C@H]2CC[C@@]1(c1ccnc(C(=O)NCCO)n1)c1nnc(-c3c(F)cccc3F)cc12. The maximum atomic E-state index is 14.4. The number of nitrogens with zero attached hydrogens (tertiary/aromatic N) is 4. The lowest BCUT2D eigenvalue weighted by atomic mass is 9.66. The number of halogens is 2. The summed E-state index contributed by atoms with van der Waals surface area (Å²) in [7, 11) is 0. The molecule has 0 radical (unpaired) electrons. The molecule has 0 saturated heterocycles. The zero-order chi connectivity index (χ0) is 23.4. The summed E-state index contributed by atoms with van der Waals surface area (Å²) in [4.78, 5) is 21.1. The van der Waals surface area contributed by atoms with Gasteiger partial charge in [0, 0.05) is 12.7 Å². The maximum absolute atomic E-state index is 14.4. The van der Waals surface area contributed by atoms with Crippen LogP contribution in [-0.2, 0) is 5.41 Å². The second kappa shape index (κ2) is 7.62. The first-order valence-corrected chi connectivity index (χ1v) is 10.9. The van der Waals surface area contributed by atoms with Crippen molar-refractivity contribution in [3.05, 3.63) is 70.9 Å². The molecular formula is C24H23F2N5O2. The molecule has 170 valence electrons. The fourth-order valence-corrected chi connectivity index (χ4v) is 5.71. The molecule has 2 aromatic heterocycles. The number of fused-ring (bicyclic) bond motifs is 5. The van der Waals surface area contributed by atoms with Crippen molar-refractivity contribution in [3.63, 3.8) is 0 Å². The molecule has 2 atom stereocenters. The van der Waals surface area contributed by atoms with Gasteiger partial charge < -0.3 is 10.4 Å². The van der Waals surface area contributed by atoms with Gasteiger partial charge in [-0.05, 0) is 54.0 Å². The number of aliphatic hydroxyl groups is 1. The minimum atomic E-state index is -0.685. The van der Waals surface area contributed by atoms with Crippen LogP contribution in [0.15, 0.2) is 36.5 Å². The second-order valence-corrected chi connectivity index (χ2v) is 9.09. The average molecular weight is 451 g/mol. The van der Waals surface area contributed by atoms with Crippen LogP contribution in [-0.4, -0.2) is 44.3 Å². The van der Waals surface area contributed by atoms with E-state index < -0.39 is 23.0 Å². The molecule has 9 heteroatoms. The lowest BCUT2D eigenvalue weighted by Gasteiger charge is -2.37. The van der Waals surface area contributed by atoms with Crippen LogP contribution < -0.4 is 5.32 Å². The zero-order valence-electron chi connectivity index (χ0n) is 18.3. The summed E-state index contributed by atoms with van der Waals surface area (Å²) >= 11 is 0. The Hall–Kier alpha value is -3.33. The van der Waals surface area contributed by atoms with E-state index in [9.17, 15) is 13.6 Å². The van der Waals surface area contributed by atoms with Gasteiger partial charge in [0.1, 0.15) is 11.6 Å². The number of aliphatic hydroxyl groups excluding tert-OH is 1. The third-order valence-corrected chi connectivity index (χ3v) is 7.29. The highest BCUT2D eigenvalue weighted by molar-refractivity contribution is 5.90. The lowest BCUT2D eigenvalue weighted by Crippen LogP contribution is -2.38. The van der Waals surface area contributed by atoms with Crippen molar-refractivity contribution in [1.82, 2.24) is 25.5 Å². The molecule has 3 aromatic rings. The molecule has 0 spiro atoms. The van der Waals surface area contributed by atoms with Crippen LogP contribution >= 0.6 is 0 Å². The van der Waals surface area contributed by atoms with Gasteiger partial charge in [0.05, 0.1) is 34.7 Å². The molecular weight excluding hydrogens is 428 g/mol. The maximum Gasteiger partial charge on any atom is 0.289 e. The van der Waals surface area contributed by atoms with Crippen LogP contribution in [0.25, 0.3) is 11.3 Å². The highest BCUT2D eigenvalue weighted by Crippen LogP contribution is 2.69. The standard InChI is InChI=1S/C24H23F2N5O2/c1-23(2)14-6-8-24(23,18-7-9-27-21(29-18)22(33)28-10-11-32)20-13(14)12-17(30-31-20)19-15(25)4-3-5-16(19)26/h3-5,7,9,12,14,32H,6,8,10-11H2,1-2H3,(H,28,33)/t14-,24+/m0/s1. The number of amides is 1. The van der Waals surface area contributed by atoms with Gasteiger partial charge in [-0.2, -0.15) is 5.10 Å². The van der Waals surface area contributed by atoms with E-state index in [1.54, 1.807) is 18.3 Å². The van der Waals surface area contributed by atoms with Gasteiger partial charge in [-0.25, -0.2) is 18.7 Å². The molecule has 0 unspecified atom stereocenters. The van der Waals surface area contributed by atoms with Crippen LogP contribution in [0, 0.1) is 17.0 Å². The van der Waals surface area contributed by atoms with Gasteiger partial charge >= 0.3 is 0 Å². The number of rotatable bonds is 5. The van der Waals surface area contributed by atoms with Gasteiger partial charge in [-0.3, -0.25) is 4.79 Å². The number of carbonyl (C=O) groups is 1. The minimum absolute atomic E-state index is 0.0148. The van der Waals surface area contributed by atoms with Gasteiger partial charge in [-0.1, -0.05) is 19.9 Å². The first-order chi connectivity index (χ1) is 15.8. The Kier molecular flexibility index (Phi) is 4.97. The van der Waals surface area contributed by atoms with E-state index in [0.29, 0.717) is 5.69 Å². The summed E-state index contributed by atoms with van der Waals surface area (Å²) in [6.07, 6.45) is 3.15. The Morgan fingerprint density at radius 1 is 1.21 bits per heavy atom. The molecule has 2 aliphatic carbocycles. The number of aromatic nitrogens is 4. The summed E-state index contributed by atoms with van der Waals surface area (Å²) < 4.78 is 28.8. The molecule has 1 aromatic carbocycles. The molecule has 0 aliphatic heterocycles. The monoisotopic (exact) mass is 451 g/mol. The molecule has 7 nitrogen and oxygen atoms in total. The summed E-state index contributed by atoms with van der Waals surface area (Å²) in [6.45, 7) is 4.18. The van der Waals surface area contributed by atoms with E-state index in [1.165, 1.54) is 18.2 Å².